The number of hydrogen-bond donors (Lipinski definition) is 1. The molecule has 8 heteroatoms. The Labute approximate surface area is 200 Å². The molecule has 0 aliphatic rings. The lowest BCUT2D eigenvalue weighted by atomic mass is 10.1. The van der Waals surface area contributed by atoms with E-state index in [4.69, 9.17) is 0 Å². The second-order valence-electron chi connectivity index (χ2n) is 7.85. The molecule has 0 saturated heterocycles. The number of aromatic amines is 1. The zero-order chi connectivity index (χ0) is 22.8. The van der Waals surface area contributed by atoms with Crippen molar-refractivity contribution in [2.24, 2.45) is 0 Å². The van der Waals surface area contributed by atoms with E-state index in [2.05, 4.69) is 40.3 Å². The van der Waals surface area contributed by atoms with E-state index in [1.54, 1.807) is 16.2 Å². The van der Waals surface area contributed by atoms with Crippen LogP contribution in [0, 0.1) is 6.92 Å². The Morgan fingerprint density at radius 1 is 1.12 bits per heavy atom. The molecule has 3 aromatic heterocycles. The van der Waals surface area contributed by atoms with Crippen LogP contribution in [-0.4, -0.2) is 43.4 Å². The number of nitrogens with zero attached hydrogens (tertiary/aromatic N) is 4. The van der Waals surface area contributed by atoms with E-state index in [1.165, 1.54) is 16.6 Å². The summed E-state index contributed by atoms with van der Waals surface area (Å²) in [5, 5.41) is 12.8. The summed E-state index contributed by atoms with van der Waals surface area (Å²) in [6, 6.07) is 20.4. The summed E-state index contributed by atoms with van der Waals surface area (Å²) in [5.74, 6) is 1.10. The van der Waals surface area contributed by atoms with E-state index in [-0.39, 0.29) is 5.91 Å². The van der Waals surface area contributed by atoms with Crippen LogP contribution in [0.2, 0.25) is 0 Å². The summed E-state index contributed by atoms with van der Waals surface area (Å²) < 4.78 is 2.04. The lowest BCUT2D eigenvalue weighted by Crippen LogP contribution is -2.27. The minimum atomic E-state index is 0.0563. The van der Waals surface area contributed by atoms with Crippen LogP contribution in [-0.2, 0) is 11.3 Å². The third-order valence-electron chi connectivity index (χ3n) is 5.45. The predicted molar refractivity (Wildman–Crippen MR) is 135 cm³/mol. The van der Waals surface area contributed by atoms with Gasteiger partial charge in [-0.25, -0.2) is 0 Å². The van der Waals surface area contributed by atoms with Crippen LogP contribution in [0.3, 0.4) is 0 Å². The number of carbonyl (C=O) groups excluding carboxylic acids is 1. The fourth-order valence-electron chi connectivity index (χ4n) is 3.76. The monoisotopic (exact) mass is 473 g/mol. The quantitative estimate of drug-likeness (QED) is 0.315. The number of thiophene rings is 1. The number of fused-ring (bicyclic) bond motifs is 1. The number of para-hydroxylation sites is 1. The van der Waals surface area contributed by atoms with Crippen molar-refractivity contribution >= 4 is 39.9 Å². The molecule has 33 heavy (non-hydrogen) atoms. The highest BCUT2D eigenvalue weighted by Gasteiger charge is 2.20. The standard InChI is InChI=1S/C25H23N5OS2/c1-17-7-5-8-18(13-17)30-24(21-14-26-22-11-4-3-10-20(21)22)27-28-25(30)33-16-23(31)29(2)15-19-9-6-12-32-19/h3-14,26H,15-16H2,1-2H3. The largest absolute Gasteiger partial charge is 0.360 e. The molecule has 2 aromatic carbocycles. The van der Waals surface area contributed by atoms with Gasteiger partial charge in [-0.15, -0.1) is 21.5 Å². The number of nitrogens with one attached hydrogen (secondary N) is 1. The fourth-order valence-corrected chi connectivity index (χ4v) is 5.40. The molecule has 5 rings (SSSR count). The van der Waals surface area contributed by atoms with E-state index < -0.39 is 0 Å². The molecule has 0 bridgehead atoms. The van der Waals surface area contributed by atoms with Crippen molar-refractivity contribution in [1.29, 1.82) is 0 Å². The number of rotatable bonds is 7. The predicted octanol–water partition coefficient (Wildman–Crippen LogP) is 5.54. The Morgan fingerprint density at radius 3 is 2.82 bits per heavy atom. The minimum absolute atomic E-state index is 0.0563. The molecule has 0 spiro atoms. The summed E-state index contributed by atoms with van der Waals surface area (Å²) in [6.45, 7) is 2.68. The summed E-state index contributed by atoms with van der Waals surface area (Å²) in [7, 11) is 1.84. The average Bonchev–Trinajstić information content (AvgIpc) is 3.56. The number of amides is 1. The maximum Gasteiger partial charge on any atom is 0.233 e. The van der Waals surface area contributed by atoms with Crippen LogP contribution < -0.4 is 0 Å². The van der Waals surface area contributed by atoms with Gasteiger partial charge in [-0.3, -0.25) is 9.36 Å². The maximum absolute atomic E-state index is 12.8. The van der Waals surface area contributed by atoms with Gasteiger partial charge in [-0.2, -0.15) is 0 Å². The topological polar surface area (TPSA) is 66.8 Å². The van der Waals surface area contributed by atoms with E-state index in [9.17, 15) is 4.79 Å². The first-order valence-electron chi connectivity index (χ1n) is 10.6. The van der Waals surface area contributed by atoms with Gasteiger partial charge in [0.2, 0.25) is 5.91 Å². The average molecular weight is 474 g/mol. The normalized spacial score (nSPS) is 11.2. The minimum Gasteiger partial charge on any atom is -0.360 e. The molecular weight excluding hydrogens is 450 g/mol. The summed E-state index contributed by atoms with van der Waals surface area (Å²) in [5.41, 5.74) is 4.15. The third-order valence-corrected chi connectivity index (χ3v) is 7.22. The number of thioether (sulfide) groups is 1. The molecule has 0 fully saturated rings. The van der Waals surface area contributed by atoms with Crippen LogP contribution in [0.15, 0.2) is 77.4 Å². The van der Waals surface area contributed by atoms with Crippen molar-refractivity contribution in [2.45, 2.75) is 18.6 Å². The van der Waals surface area contributed by atoms with Crippen LogP contribution in [0.1, 0.15) is 10.4 Å². The second kappa shape index (κ2) is 9.25. The van der Waals surface area contributed by atoms with E-state index in [0.29, 0.717) is 17.5 Å². The van der Waals surface area contributed by atoms with Crippen LogP contribution in [0.25, 0.3) is 28.0 Å². The van der Waals surface area contributed by atoms with E-state index in [1.807, 2.05) is 65.7 Å². The number of aryl methyl sites for hydroxylation is 1. The lowest BCUT2D eigenvalue weighted by Gasteiger charge is -2.16. The SMILES string of the molecule is Cc1cccc(-n2c(SCC(=O)N(C)Cc3cccs3)nnc2-c2c[nH]c3ccccc23)c1. The van der Waals surface area contributed by atoms with Crippen molar-refractivity contribution in [1.82, 2.24) is 24.6 Å². The molecule has 0 aliphatic carbocycles. The second-order valence-corrected chi connectivity index (χ2v) is 9.82. The lowest BCUT2D eigenvalue weighted by molar-refractivity contribution is -0.127. The molecule has 0 unspecified atom stereocenters. The fraction of sp³-hybridized carbons (Fsp3) is 0.160. The van der Waals surface area contributed by atoms with Gasteiger partial charge in [0.15, 0.2) is 11.0 Å². The molecule has 5 aromatic rings. The molecule has 1 N–H and O–H groups in total. The first kappa shape index (κ1) is 21.5. The van der Waals surface area contributed by atoms with Crippen molar-refractivity contribution < 1.29 is 4.79 Å². The first-order valence-corrected chi connectivity index (χ1v) is 12.4. The molecule has 0 radical (unpaired) electrons. The van der Waals surface area contributed by atoms with Gasteiger partial charge in [0.1, 0.15) is 0 Å². The van der Waals surface area contributed by atoms with Crippen LogP contribution in [0.4, 0.5) is 0 Å². The number of aromatic nitrogens is 4. The zero-order valence-corrected chi connectivity index (χ0v) is 20.0. The third kappa shape index (κ3) is 4.44. The van der Waals surface area contributed by atoms with E-state index in [0.717, 1.165) is 33.5 Å². The first-order chi connectivity index (χ1) is 16.1. The number of carbonyl (C=O) groups is 1. The Morgan fingerprint density at radius 2 is 2.00 bits per heavy atom. The number of benzene rings is 2. The molecule has 0 atom stereocenters. The number of hydrogen-bond acceptors (Lipinski definition) is 5. The molecule has 0 aliphatic heterocycles. The van der Waals surface area contributed by atoms with Gasteiger partial charge in [-0.05, 0) is 42.1 Å². The van der Waals surface area contributed by atoms with Crippen LogP contribution >= 0.6 is 23.1 Å². The van der Waals surface area contributed by atoms with Crippen LogP contribution in [0.5, 0.6) is 0 Å². The van der Waals surface area contributed by atoms with Crippen molar-refractivity contribution in [3.05, 3.63) is 82.7 Å². The van der Waals surface area contributed by atoms with Gasteiger partial charge in [-0.1, -0.05) is 48.2 Å². The zero-order valence-electron chi connectivity index (χ0n) is 18.4. The van der Waals surface area contributed by atoms with Crippen molar-refractivity contribution in [3.8, 4) is 17.1 Å². The molecule has 0 saturated carbocycles. The highest BCUT2D eigenvalue weighted by Crippen LogP contribution is 2.32. The molecule has 166 valence electrons. The Bertz CT molecular complexity index is 1400. The molecule has 3 heterocycles. The van der Waals surface area contributed by atoms with Gasteiger partial charge < -0.3 is 9.88 Å². The summed E-state index contributed by atoms with van der Waals surface area (Å²) >= 11 is 3.07. The molecular formula is C25H23N5OS2. The number of H-pyrrole nitrogens is 1. The van der Waals surface area contributed by atoms with Gasteiger partial charge in [0.25, 0.3) is 0 Å². The smallest absolute Gasteiger partial charge is 0.233 e. The summed E-state index contributed by atoms with van der Waals surface area (Å²) in [4.78, 5) is 19.1. The van der Waals surface area contributed by atoms with E-state index >= 15 is 0 Å². The molecule has 6 nitrogen and oxygen atoms in total. The maximum atomic E-state index is 12.8. The summed E-state index contributed by atoms with van der Waals surface area (Å²) in [6.07, 6.45) is 1.97. The Balaban J connectivity index is 1.47. The van der Waals surface area contributed by atoms with Crippen molar-refractivity contribution in [2.75, 3.05) is 12.8 Å². The van der Waals surface area contributed by atoms with Gasteiger partial charge in [0.05, 0.1) is 12.3 Å². The van der Waals surface area contributed by atoms with Gasteiger partial charge >= 0.3 is 0 Å². The molecule has 1 amide bonds. The highest BCUT2D eigenvalue weighted by molar-refractivity contribution is 7.99. The Kier molecular flexibility index (Phi) is 6.02. The Hall–Kier alpha value is -3.36. The van der Waals surface area contributed by atoms with Crippen molar-refractivity contribution in [3.63, 3.8) is 0 Å². The van der Waals surface area contributed by atoms with Gasteiger partial charge in [0, 0.05) is 40.3 Å². The highest BCUT2D eigenvalue weighted by atomic mass is 32.2.